The van der Waals surface area contributed by atoms with Crippen LogP contribution in [0.25, 0.3) is 0 Å². The molecule has 0 radical (unpaired) electrons. The number of carbonyl (C=O) groups is 1. The van der Waals surface area contributed by atoms with Gasteiger partial charge in [0.1, 0.15) is 11.4 Å². The first-order valence-electron chi connectivity index (χ1n) is 7.42. The molecule has 0 unspecified atom stereocenters. The Labute approximate surface area is 140 Å². The van der Waals surface area contributed by atoms with Crippen LogP contribution in [0.15, 0.2) is 41.2 Å². The van der Waals surface area contributed by atoms with Gasteiger partial charge < -0.3 is 10.1 Å². The second-order valence-electron chi connectivity index (χ2n) is 5.79. The summed E-state index contributed by atoms with van der Waals surface area (Å²) in [7, 11) is 1.42. The van der Waals surface area contributed by atoms with Gasteiger partial charge in [0.25, 0.3) is 11.5 Å². The van der Waals surface area contributed by atoms with Crippen LogP contribution < -0.4 is 15.6 Å². The van der Waals surface area contributed by atoms with Crippen molar-refractivity contribution in [1.29, 1.82) is 0 Å². The van der Waals surface area contributed by atoms with Gasteiger partial charge in [0.2, 0.25) is 0 Å². The van der Waals surface area contributed by atoms with E-state index in [4.69, 9.17) is 0 Å². The number of ether oxygens (including phenoxy) is 1. The third-order valence-corrected chi connectivity index (χ3v) is 3.92. The number of halogens is 3. The second-order valence-corrected chi connectivity index (χ2v) is 5.79. The fraction of sp³-hybridized carbons (Fsp3) is 0.312. The van der Waals surface area contributed by atoms with Gasteiger partial charge in [-0.15, -0.1) is 13.2 Å². The molecule has 1 N–H and O–H groups in total. The molecule has 0 saturated heterocycles. The Hall–Kier alpha value is -2.84. The summed E-state index contributed by atoms with van der Waals surface area (Å²) in [6, 6.07) is 8.05. The summed E-state index contributed by atoms with van der Waals surface area (Å²) in [5.41, 5.74) is -0.531. The van der Waals surface area contributed by atoms with Gasteiger partial charge >= 0.3 is 6.36 Å². The summed E-state index contributed by atoms with van der Waals surface area (Å²) in [4.78, 5) is 23.7. The number of aryl methyl sites for hydroxylation is 1. The summed E-state index contributed by atoms with van der Waals surface area (Å²) < 4.78 is 42.0. The number of benzene rings is 1. The summed E-state index contributed by atoms with van der Waals surface area (Å²) in [5.74, 6) is -0.846. The van der Waals surface area contributed by atoms with E-state index >= 15 is 0 Å². The van der Waals surface area contributed by atoms with Crippen molar-refractivity contribution < 1.29 is 22.7 Å². The van der Waals surface area contributed by atoms with Crippen LogP contribution in [0.4, 0.5) is 13.2 Å². The van der Waals surface area contributed by atoms with Gasteiger partial charge in [-0.2, -0.15) is 5.10 Å². The molecule has 3 rings (SSSR count). The molecule has 25 heavy (non-hydrogen) atoms. The molecule has 0 aliphatic heterocycles. The van der Waals surface area contributed by atoms with Crippen LogP contribution in [0.3, 0.4) is 0 Å². The highest BCUT2D eigenvalue weighted by Crippen LogP contribution is 2.46. The van der Waals surface area contributed by atoms with Crippen LogP contribution in [-0.4, -0.2) is 22.1 Å². The summed E-state index contributed by atoms with van der Waals surface area (Å²) >= 11 is 0. The normalized spacial score (nSPS) is 15.5. The monoisotopic (exact) mass is 353 g/mol. The van der Waals surface area contributed by atoms with E-state index in [1.807, 2.05) is 0 Å². The molecule has 0 bridgehead atoms. The molecule has 2 aromatic rings. The molecule has 1 fully saturated rings. The van der Waals surface area contributed by atoms with E-state index in [-0.39, 0.29) is 17.0 Å². The van der Waals surface area contributed by atoms with Gasteiger partial charge in [0, 0.05) is 13.1 Å². The Morgan fingerprint density at radius 2 is 2.00 bits per heavy atom. The Kier molecular flexibility index (Phi) is 4.02. The van der Waals surface area contributed by atoms with Crippen molar-refractivity contribution in [3.8, 4) is 5.75 Å². The molecule has 1 aliphatic carbocycles. The third kappa shape index (κ3) is 3.81. The van der Waals surface area contributed by atoms with E-state index < -0.39 is 17.8 Å². The van der Waals surface area contributed by atoms with E-state index in [1.165, 1.54) is 37.4 Å². The van der Waals surface area contributed by atoms with Crippen molar-refractivity contribution in [3.05, 3.63) is 58.0 Å². The highest BCUT2D eigenvalue weighted by Gasteiger charge is 2.46. The summed E-state index contributed by atoms with van der Waals surface area (Å²) in [6.45, 7) is 0. The summed E-state index contributed by atoms with van der Waals surface area (Å²) in [6.07, 6.45) is -3.61. The van der Waals surface area contributed by atoms with Crippen LogP contribution in [0, 0.1) is 0 Å². The molecule has 1 aromatic heterocycles. The number of aromatic nitrogens is 2. The number of carbonyl (C=O) groups excluding carboxylic acids is 1. The van der Waals surface area contributed by atoms with E-state index in [9.17, 15) is 22.8 Å². The van der Waals surface area contributed by atoms with Crippen molar-refractivity contribution in [2.45, 2.75) is 24.7 Å². The van der Waals surface area contributed by atoms with Crippen LogP contribution >= 0.6 is 0 Å². The number of amides is 1. The van der Waals surface area contributed by atoms with Crippen molar-refractivity contribution in [2.75, 3.05) is 0 Å². The van der Waals surface area contributed by atoms with Crippen molar-refractivity contribution in [1.82, 2.24) is 15.1 Å². The molecule has 132 valence electrons. The molecule has 0 atom stereocenters. The minimum Gasteiger partial charge on any atom is -0.406 e. The smallest absolute Gasteiger partial charge is 0.406 e. The SMILES string of the molecule is Cn1nc(C(=O)NC2(c3cccc(OC(F)(F)F)c3)CC2)ccc1=O. The average Bonchev–Trinajstić information content (AvgIpc) is 3.29. The molecule has 0 spiro atoms. The molecular weight excluding hydrogens is 339 g/mol. The van der Waals surface area contributed by atoms with Crippen molar-refractivity contribution in [2.24, 2.45) is 7.05 Å². The number of alkyl halides is 3. The van der Waals surface area contributed by atoms with Gasteiger partial charge in [-0.3, -0.25) is 9.59 Å². The number of hydrogen-bond donors (Lipinski definition) is 1. The van der Waals surface area contributed by atoms with Crippen molar-refractivity contribution in [3.63, 3.8) is 0 Å². The predicted molar refractivity (Wildman–Crippen MR) is 81.0 cm³/mol. The van der Waals surface area contributed by atoms with Gasteiger partial charge in [0.05, 0.1) is 5.54 Å². The predicted octanol–water partition coefficient (Wildman–Crippen LogP) is 2.10. The van der Waals surface area contributed by atoms with Gasteiger partial charge in [0.15, 0.2) is 0 Å². The third-order valence-electron chi connectivity index (χ3n) is 3.92. The highest BCUT2D eigenvalue weighted by molar-refractivity contribution is 5.93. The van der Waals surface area contributed by atoms with Gasteiger partial charge in [-0.25, -0.2) is 4.68 Å². The van der Waals surface area contributed by atoms with Gasteiger partial charge in [-0.05, 0) is 36.6 Å². The maximum absolute atomic E-state index is 12.4. The fourth-order valence-electron chi connectivity index (χ4n) is 2.51. The van der Waals surface area contributed by atoms with E-state index in [0.29, 0.717) is 18.4 Å². The number of rotatable bonds is 4. The second kappa shape index (κ2) is 5.91. The lowest BCUT2D eigenvalue weighted by molar-refractivity contribution is -0.274. The lowest BCUT2D eigenvalue weighted by atomic mass is 10.0. The zero-order valence-electron chi connectivity index (χ0n) is 13.1. The summed E-state index contributed by atoms with van der Waals surface area (Å²) in [5, 5.41) is 6.65. The topological polar surface area (TPSA) is 73.2 Å². The zero-order chi connectivity index (χ0) is 18.2. The van der Waals surface area contributed by atoms with Crippen LogP contribution in [0.5, 0.6) is 5.75 Å². The lowest BCUT2D eigenvalue weighted by Gasteiger charge is -2.19. The molecule has 1 saturated carbocycles. The standard InChI is InChI=1S/C16H14F3N3O3/c1-22-13(23)6-5-12(21-22)14(24)20-15(7-8-15)10-3-2-4-11(9-10)25-16(17,18)19/h2-6,9H,7-8H2,1H3,(H,20,24). The molecule has 6 nitrogen and oxygen atoms in total. The Bertz CT molecular complexity index is 873. The fourth-order valence-corrected chi connectivity index (χ4v) is 2.51. The molecular formula is C16H14F3N3O3. The molecule has 9 heteroatoms. The van der Waals surface area contributed by atoms with E-state index in [0.717, 1.165) is 4.68 Å². The minimum absolute atomic E-state index is 0.0519. The molecule has 1 aromatic carbocycles. The van der Waals surface area contributed by atoms with Crippen LogP contribution in [-0.2, 0) is 12.6 Å². The highest BCUT2D eigenvalue weighted by atomic mass is 19.4. The first-order chi connectivity index (χ1) is 11.7. The minimum atomic E-state index is -4.78. The Morgan fingerprint density at radius 1 is 1.28 bits per heavy atom. The zero-order valence-corrected chi connectivity index (χ0v) is 13.1. The van der Waals surface area contributed by atoms with Crippen LogP contribution in [0.1, 0.15) is 28.9 Å². The van der Waals surface area contributed by atoms with E-state index in [1.54, 1.807) is 6.07 Å². The first kappa shape index (κ1) is 17.0. The number of nitrogens with zero attached hydrogens (tertiary/aromatic N) is 2. The Balaban J connectivity index is 1.80. The van der Waals surface area contributed by atoms with Crippen LogP contribution in [0.2, 0.25) is 0 Å². The number of hydrogen-bond acceptors (Lipinski definition) is 4. The largest absolute Gasteiger partial charge is 0.573 e. The quantitative estimate of drug-likeness (QED) is 0.914. The maximum Gasteiger partial charge on any atom is 0.573 e. The van der Waals surface area contributed by atoms with Gasteiger partial charge in [-0.1, -0.05) is 12.1 Å². The van der Waals surface area contributed by atoms with Crippen molar-refractivity contribution >= 4 is 5.91 Å². The van der Waals surface area contributed by atoms with E-state index in [2.05, 4.69) is 15.2 Å². The Morgan fingerprint density at radius 3 is 2.60 bits per heavy atom. The maximum atomic E-state index is 12.4. The lowest BCUT2D eigenvalue weighted by Crippen LogP contribution is -2.36. The molecule has 1 aliphatic rings. The first-order valence-corrected chi connectivity index (χ1v) is 7.42. The average molecular weight is 353 g/mol. The molecule has 1 heterocycles. The molecule has 1 amide bonds. The number of nitrogens with one attached hydrogen (secondary N) is 1.